The predicted octanol–water partition coefficient (Wildman–Crippen LogP) is 1.78. The number of sulfone groups is 1. The van der Waals surface area contributed by atoms with Crippen LogP contribution in [0.2, 0.25) is 0 Å². The summed E-state index contributed by atoms with van der Waals surface area (Å²) in [7, 11) is -7.35. The second kappa shape index (κ2) is 5.86. The standard InChI is InChI=1S/C14H17NO5S2/c1-10-7-13(21(3,16)17)11(2)14(8-10)22(18,19)15-9-12-5-4-6-20-12/h4-8,15H,9H2,1-3H3. The van der Waals surface area contributed by atoms with Crippen molar-refractivity contribution in [2.45, 2.75) is 30.2 Å². The Labute approximate surface area is 130 Å². The topological polar surface area (TPSA) is 93.5 Å². The molecule has 8 heteroatoms. The Morgan fingerprint density at radius 1 is 1.09 bits per heavy atom. The van der Waals surface area contributed by atoms with Crippen molar-refractivity contribution in [2.24, 2.45) is 0 Å². The average molecular weight is 343 g/mol. The van der Waals surface area contributed by atoms with Gasteiger partial charge in [-0.15, -0.1) is 0 Å². The van der Waals surface area contributed by atoms with Gasteiger partial charge in [-0.2, -0.15) is 0 Å². The van der Waals surface area contributed by atoms with E-state index in [1.54, 1.807) is 19.1 Å². The highest BCUT2D eigenvalue weighted by molar-refractivity contribution is 7.91. The number of rotatable bonds is 5. The first-order valence-electron chi connectivity index (χ1n) is 6.44. The lowest BCUT2D eigenvalue weighted by molar-refractivity contribution is 0.498. The Morgan fingerprint density at radius 3 is 2.27 bits per heavy atom. The Balaban J connectivity index is 2.45. The third-order valence-electron chi connectivity index (χ3n) is 3.16. The molecule has 22 heavy (non-hydrogen) atoms. The molecule has 6 nitrogen and oxygen atoms in total. The fourth-order valence-electron chi connectivity index (χ4n) is 2.11. The van der Waals surface area contributed by atoms with Crippen LogP contribution in [0.15, 0.2) is 44.7 Å². The molecule has 0 saturated carbocycles. The summed E-state index contributed by atoms with van der Waals surface area (Å²) in [5, 5.41) is 0. The highest BCUT2D eigenvalue weighted by atomic mass is 32.2. The number of aryl methyl sites for hydroxylation is 1. The normalized spacial score (nSPS) is 12.5. The third-order valence-corrected chi connectivity index (χ3v) is 5.91. The maximum absolute atomic E-state index is 12.4. The molecular weight excluding hydrogens is 326 g/mol. The van der Waals surface area contributed by atoms with Crippen molar-refractivity contribution in [2.75, 3.05) is 6.26 Å². The summed E-state index contributed by atoms with van der Waals surface area (Å²) in [6, 6.07) is 6.22. The smallest absolute Gasteiger partial charge is 0.241 e. The summed E-state index contributed by atoms with van der Waals surface area (Å²) in [6.07, 6.45) is 2.50. The highest BCUT2D eigenvalue weighted by Crippen LogP contribution is 2.25. The van der Waals surface area contributed by atoms with Crippen LogP contribution >= 0.6 is 0 Å². The van der Waals surface area contributed by atoms with Gasteiger partial charge >= 0.3 is 0 Å². The van der Waals surface area contributed by atoms with E-state index in [-0.39, 0.29) is 21.9 Å². The molecule has 1 N–H and O–H groups in total. The van der Waals surface area contributed by atoms with Crippen LogP contribution in [-0.2, 0) is 26.4 Å². The Morgan fingerprint density at radius 2 is 1.73 bits per heavy atom. The van der Waals surface area contributed by atoms with Gasteiger partial charge in [0.05, 0.1) is 22.6 Å². The number of sulfonamides is 1. The molecule has 0 bridgehead atoms. The van der Waals surface area contributed by atoms with Gasteiger partial charge in [0, 0.05) is 6.26 Å². The van der Waals surface area contributed by atoms with Gasteiger partial charge in [-0.25, -0.2) is 21.6 Å². The van der Waals surface area contributed by atoms with Crippen LogP contribution in [0.4, 0.5) is 0 Å². The lowest BCUT2D eigenvalue weighted by atomic mass is 10.2. The van der Waals surface area contributed by atoms with Crippen LogP contribution in [0, 0.1) is 13.8 Å². The van der Waals surface area contributed by atoms with Crippen molar-refractivity contribution in [1.29, 1.82) is 0 Å². The molecule has 0 fully saturated rings. The van der Waals surface area contributed by atoms with Gasteiger partial charge in [0.2, 0.25) is 10.0 Å². The zero-order valence-electron chi connectivity index (χ0n) is 12.5. The van der Waals surface area contributed by atoms with Crippen molar-refractivity contribution in [3.05, 3.63) is 47.4 Å². The zero-order valence-corrected chi connectivity index (χ0v) is 14.1. The lowest BCUT2D eigenvalue weighted by Gasteiger charge is -2.13. The maximum Gasteiger partial charge on any atom is 0.241 e. The van der Waals surface area contributed by atoms with E-state index in [0.717, 1.165) is 6.26 Å². The molecule has 1 aromatic heterocycles. The first-order valence-corrected chi connectivity index (χ1v) is 9.82. The van der Waals surface area contributed by atoms with Gasteiger partial charge in [-0.3, -0.25) is 0 Å². The van der Waals surface area contributed by atoms with Crippen LogP contribution in [0.5, 0.6) is 0 Å². The molecule has 0 aliphatic heterocycles. The monoisotopic (exact) mass is 343 g/mol. The van der Waals surface area contributed by atoms with Crippen LogP contribution in [0.25, 0.3) is 0 Å². The van der Waals surface area contributed by atoms with E-state index in [4.69, 9.17) is 4.42 Å². The molecule has 0 amide bonds. The zero-order chi connectivity index (χ0) is 16.5. The van der Waals surface area contributed by atoms with Crippen LogP contribution in [-0.4, -0.2) is 23.1 Å². The number of furan rings is 1. The molecule has 0 unspecified atom stereocenters. The summed E-state index contributed by atoms with van der Waals surface area (Å²) in [4.78, 5) is -0.0228. The molecule has 0 spiro atoms. The second-order valence-electron chi connectivity index (χ2n) is 5.06. The van der Waals surface area contributed by atoms with E-state index in [9.17, 15) is 16.8 Å². The minimum atomic E-state index is -3.85. The van der Waals surface area contributed by atoms with Crippen molar-refractivity contribution < 1.29 is 21.3 Å². The molecule has 1 aromatic carbocycles. The van der Waals surface area contributed by atoms with Crippen LogP contribution < -0.4 is 4.72 Å². The first-order chi connectivity index (χ1) is 10.1. The van der Waals surface area contributed by atoms with E-state index in [1.165, 1.54) is 25.3 Å². The van der Waals surface area contributed by atoms with Crippen molar-refractivity contribution >= 4 is 19.9 Å². The van der Waals surface area contributed by atoms with E-state index in [2.05, 4.69) is 4.72 Å². The van der Waals surface area contributed by atoms with Gasteiger partial charge < -0.3 is 4.42 Å². The van der Waals surface area contributed by atoms with Crippen molar-refractivity contribution in [3.63, 3.8) is 0 Å². The number of hydrogen-bond donors (Lipinski definition) is 1. The minimum Gasteiger partial charge on any atom is -0.468 e. The average Bonchev–Trinajstić information content (AvgIpc) is 2.90. The number of nitrogens with one attached hydrogen (secondary N) is 1. The Kier molecular flexibility index (Phi) is 4.46. The largest absolute Gasteiger partial charge is 0.468 e. The van der Waals surface area contributed by atoms with E-state index in [0.29, 0.717) is 11.3 Å². The van der Waals surface area contributed by atoms with Gasteiger partial charge in [0.1, 0.15) is 5.76 Å². The summed E-state index contributed by atoms with van der Waals surface area (Å²) in [5.74, 6) is 0.470. The molecule has 2 aromatic rings. The summed E-state index contributed by atoms with van der Waals surface area (Å²) in [5.41, 5.74) is 0.768. The summed E-state index contributed by atoms with van der Waals surface area (Å²) >= 11 is 0. The second-order valence-corrected chi connectivity index (χ2v) is 8.78. The molecule has 0 aliphatic rings. The van der Waals surface area contributed by atoms with Gasteiger partial charge in [-0.05, 0) is 49.2 Å². The fraction of sp³-hybridized carbons (Fsp3) is 0.286. The number of benzene rings is 1. The van der Waals surface area contributed by atoms with Crippen LogP contribution in [0.1, 0.15) is 16.9 Å². The molecular formula is C14H17NO5S2. The van der Waals surface area contributed by atoms with Gasteiger partial charge in [0.15, 0.2) is 9.84 Å². The van der Waals surface area contributed by atoms with E-state index >= 15 is 0 Å². The quantitative estimate of drug-likeness (QED) is 0.893. The minimum absolute atomic E-state index is 0.00305. The van der Waals surface area contributed by atoms with Crippen molar-refractivity contribution in [3.8, 4) is 0 Å². The number of hydrogen-bond acceptors (Lipinski definition) is 5. The fourth-order valence-corrected chi connectivity index (χ4v) is 4.59. The third kappa shape index (κ3) is 3.57. The predicted molar refractivity (Wildman–Crippen MR) is 81.8 cm³/mol. The molecule has 120 valence electrons. The maximum atomic E-state index is 12.4. The highest BCUT2D eigenvalue weighted by Gasteiger charge is 2.23. The Hall–Kier alpha value is -1.64. The lowest BCUT2D eigenvalue weighted by Crippen LogP contribution is -2.24. The van der Waals surface area contributed by atoms with E-state index < -0.39 is 19.9 Å². The Bertz CT molecular complexity index is 882. The van der Waals surface area contributed by atoms with Crippen molar-refractivity contribution in [1.82, 2.24) is 4.72 Å². The molecule has 2 rings (SSSR count). The molecule has 0 aliphatic carbocycles. The van der Waals surface area contributed by atoms with Crippen LogP contribution in [0.3, 0.4) is 0 Å². The van der Waals surface area contributed by atoms with E-state index in [1.807, 2.05) is 0 Å². The SMILES string of the molecule is Cc1cc(S(C)(=O)=O)c(C)c(S(=O)(=O)NCc2ccco2)c1. The van der Waals surface area contributed by atoms with Gasteiger partial charge in [0.25, 0.3) is 0 Å². The molecule has 0 radical (unpaired) electrons. The van der Waals surface area contributed by atoms with Gasteiger partial charge in [-0.1, -0.05) is 0 Å². The molecule has 0 saturated heterocycles. The summed E-state index contributed by atoms with van der Waals surface area (Å²) < 4.78 is 55.9. The first kappa shape index (κ1) is 16.7. The molecule has 0 atom stereocenters. The molecule has 1 heterocycles. The summed E-state index contributed by atoms with van der Waals surface area (Å²) in [6.45, 7) is 3.13.